The molecule has 0 atom stereocenters. The Morgan fingerprint density at radius 1 is 1.29 bits per heavy atom. The molecule has 0 aliphatic carbocycles. The van der Waals surface area contributed by atoms with E-state index in [1.54, 1.807) is 19.1 Å². The first-order valence-corrected chi connectivity index (χ1v) is 7.99. The molecule has 0 radical (unpaired) electrons. The van der Waals surface area contributed by atoms with Crippen LogP contribution < -0.4 is 0 Å². The standard InChI is InChI=1S/C18H18N4O2/c1-11(23)22-9-12(10-22)6-14-7-13-8-16(20-21-18(13)19-14)15-4-2-3-5-17(15)24/h2-5,7-8,12,24H,6,9-10H2,1H3,(H,19,21). The molecule has 1 aliphatic heterocycles. The molecule has 24 heavy (non-hydrogen) atoms. The predicted molar refractivity (Wildman–Crippen MR) is 90.4 cm³/mol. The molecule has 2 aromatic heterocycles. The maximum Gasteiger partial charge on any atom is 0.219 e. The van der Waals surface area contributed by atoms with E-state index < -0.39 is 0 Å². The van der Waals surface area contributed by atoms with Crippen LogP contribution in [0.3, 0.4) is 0 Å². The van der Waals surface area contributed by atoms with Crippen LogP contribution in [0.1, 0.15) is 12.6 Å². The summed E-state index contributed by atoms with van der Waals surface area (Å²) in [7, 11) is 0. The summed E-state index contributed by atoms with van der Waals surface area (Å²) in [5, 5.41) is 19.4. The summed E-state index contributed by atoms with van der Waals surface area (Å²) in [6.07, 6.45) is 0.895. The summed E-state index contributed by atoms with van der Waals surface area (Å²) in [5.41, 5.74) is 3.16. The van der Waals surface area contributed by atoms with Crippen LogP contribution in [0.15, 0.2) is 36.4 Å². The second kappa shape index (κ2) is 5.63. The lowest BCUT2D eigenvalue weighted by molar-refractivity contribution is -0.134. The van der Waals surface area contributed by atoms with Gasteiger partial charge in [-0.05, 0) is 36.6 Å². The van der Waals surface area contributed by atoms with Gasteiger partial charge in [-0.25, -0.2) is 0 Å². The van der Waals surface area contributed by atoms with Crippen molar-refractivity contribution in [2.24, 2.45) is 5.92 Å². The third-order valence-corrected chi connectivity index (χ3v) is 4.52. The highest BCUT2D eigenvalue weighted by atomic mass is 16.3. The molecule has 3 aromatic rings. The molecule has 0 spiro atoms. The quantitative estimate of drug-likeness (QED) is 0.775. The van der Waals surface area contributed by atoms with Gasteiger partial charge in [-0.2, -0.15) is 0 Å². The lowest BCUT2D eigenvalue weighted by atomic mass is 9.95. The van der Waals surface area contributed by atoms with Crippen molar-refractivity contribution in [3.05, 3.63) is 42.1 Å². The summed E-state index contributed by atoms with van der Waals surface area (Å²) in [4.78, 5) is 16.4. The molecule has 1 aromatic carbocycles. The summed E-state index contributed by atoms with van der Waals surface area (Å²) in [6, 6.07) is 11.1. The third-order valence-electron chi connectivity index (χ3n) is 4.52. The van der Waals surface area contributed by atoms with Crippen molar-refractivity contribution in [2.75, 3.05) is 13.1 Å². The summed E-state index contributed by atoms with van der Waals surface area (Å²) in [6.45, 7) is 3.24. The fourth-order valence-electron chi connectivity index (χ4n) is 3.19. The van der Waals surface area contributed by atoms with Gasteiger partial charge >= 0.3 is 0 Å². The Balaban J connectivity index is 1.56. The number of amides is 1. The zero-order valence-corrected chi connectivity index (χ0v) is 13.4. The number of carbonyl (C=O) groups is 1. The van der Waals surface area contributed by atoms with Gasteiger partial charge in [0.25, 0.3) is 0 Å². The second-order valence-corrected chi connectivity index (χ2v) is 6.34. The molecule has 2 N–H and O–H groups in total. The third kappa shape index (κ3) is 2.60. The maximum atomic E-state index is 11.2. The molecule has 0 bridgehead atoms. The minimum absolute atomic E-state index is 0.140. The van der Waals surface area contributed by atoms with Crippen LogP contribution >= 0.6 is 0 Å². The minimum atomic E-state index is 0.140. The zero-order chi connectivity index (χ0) is 16.7. The number of nitrogens with zero attached hydrogens (tertiary/aromatic N) is 3. The molecule has 122 valence electrons. The Hall–Kier alpha value is -2.89. The van der Waals surface area contributed by atoms with E-state index in [-0.39, 0.29) is 11.7 Å². The van der Waals surface area contributed by atoms with Crippen LogP contribution in [0.4, 0.5) is 0 Å². The number of phenols is 1. The van der Waals surface area contributed by atoms with Gasteiger partial charge in [-0.1, -0.05) is 12.1 Å². The molecule has 4 rings (SSSR count). The number of carbonyl (C=O) groups excluding carboxylic acids is 1. The van der Waals surface area contributed by atoms with Crippen molar-refractivity contribution >= 4 is 16.9 Å². The molecule has 0 unspecified atom stereocenters. The van der Waals surface area contributed by atoms with Crippen LogP contribution in [0, 0.1) is 5.92 Å². The van der Waals surface area contributed by atoms with Gasteiger partial charge in [0.1, 0.15) is 5.75 Å². The average molecular weight is 322 g/mol. The maximum absolute atomic E-state index is 11.2. The average Bonchev–Trinajstić information content (AvgIpc) is 2.92. The van der Waals surface area contributed by atoms with E-state index in [0.717, 1.165) is 36.2 Å². The summed E-state index contributed by atoms with van der Waals surface area (Å²) < 4.78 is 0. The van der Waals surface area contributed by atoms with Gasteiger partial charge in [0.2, 0.25) is 5.91 Å². The number of phenolic OH excluding ortho intramolecular Hbond substituents is 1. The highest BCUT2D eigenvalue weighted by Gasteiger charge is 2.28. The van der Waals surface area contributed by atoms with Crippen molar-refractivity contribution in [1.82, 2.24) is 20.1 Å². The lowest BCUT2D eigenvalue weighted by Gasteiger charge is -2.38. The largest absolute Gasteiger partial charge is 0.507 e. The van der Waals surface area contributed by atoms with Crippen molar-refractivity contribution in [1.29, 1.82) is 0 Å². The van der Waals surface area contributed by atoms with Crippen molar-refractivity contribution in [3.63, 3.8) is 0 Å². The number of nitrogens with one attached hydrogen (secondary N) is 1. The van der Waals surface area contributed by atoms with Crippen molar-refractivity contribution in [3.8, 4) is 17.0 Å². The molecular weight excluding hydrogens is 304 g/mol. The summed E-state index contributed by atoms with van der Waals surface area (Å²) in [5.74, 6) is 0.828. The SMILES string of the molecule is CC(=O)N1CC(Cc2cc3cc(-c4ccccc4O)nnc3[nH]2)C1. The second-order valence-electron chi connectivity index (χ2n) is 6.34. The number of para-hydroxylation sites is 1. The Labute approximate surface area is 139 Å². The number of aromatic hydroxyl groups is 1. The van der Waals surface area contributed by atoms with Gasteiger partial charge < -0.3 is 15.0 Å². The van der Waals surface area contributed by atoms with E-state index in [4.69, 9.17) is 0 Å². The molecule has 6 heteroatoms. The molecule has 1 fully saturated rings. The number of likely N-dealkylation sites (tertiary alicyclic amines) is 1. The first-order valence-electron chi connectivity index (χ1n) is 7.99. The van der Waals surface area contributed by atoms with E-state index in [9.17, 15) is 9.90 Å². The van der Waals surface area contributed by atoms with E-state index >= 15 is 0 Å². The van der Waals surface area contributed by atoms with Gasteiger partial charge in [0, 0.05) is 36.7 Å². The summed E-state index contributed by atoms with van der Waals surface area (Å²) >= 11 is 0. The lowest BCUT2D eigenvalue weighted by Crippen LogP contribution is -2.49. The van der Waals surface area contributed by atoms with Crippen LogP contribution in [0.2, 0.25) is 0 Å². The molecule has 1 aliphatic rings. The molecule has 0 saturated carbocycles. The molecule has 1 amide bonds. The molecular formula is C18H18N4O2. The fraction of sp³-hybridized carbons (Fsp3) is 0.278. The van der Waals surface area contributed by atoms with Gasteiger partial charge in [0.05, 0.1) is 5.69 Å². The van der Waals surface area contributed by atoms with Gasteiger partial charge in [-0.3, -0.25) is 4.79 Å². The first kappa shape index (κ1) is 14.7. The van der Waals surface area contributed by atoms with Crippen molar-refractivity contribution < 1.29 is 9.90 Å². The number of aromatic nitrogens is 3. The highest BCUT2D eigenvalue weighted by molar-refractivity contribution is 5.81. The number of aromatic amines is 1. The van der Waals surface area contributed by atoms with Crippen LogP contribution in [0.5, 0.6) is 5.75 Å². The normalized spacial score (nSPS) is 14.8. The number of benzene rings is 1. The Kier molecular flexibility index (Phi) is 3.45. The first-order chi connectivity index (χ1) is 11.6. The number of fused-ring (bicyclic) bond motifs is 1. The van der Waals surface area contributed by atoms with E-state index in [1.165, 1.54) is 0 Å². The van der Waals surface area contributed by atoms with Gasteiger partial charge in [-0.15, -0.1) is 10.2 Å². The van der Waals surface area contributed by atoms with Crippen LogP contribution in [-0.2, 0) is 11.2 Å². The Morgan fingerprint density at radius 3 is 2.83 bits per heavy atom. The molecule has 6 nitrogen and oxygen atoms in total. The van der Waals surface area contributed by atoms with E-state index in [2.05, 4.69) is 21.2 Å². The fourth-order valence-corrected chi connectivity index (χ4v) is 3.19. The van der Waals surface area contributed by atoms with Crippen LogP contribution in [0.25, 0.3) is 22.3 Å². The smallest absolute Gasteiger partial charge is 0.219 e. The number of H-pyrrole nitrogens is 1. The Bertz CT molecular complexity index is 912. The topological polar surface area (TPSA) is 82.1 Å². The molecule has 3 heterocycles. The zero-order valence-electron chi connectivity index (χ0n) is 13.4. The number of hydrogen-bond donors (Lipinski definition) is 2. The monoisotopic (exact) mass is 322 g/mol. The highest BCUT2D eigenvalue weighted by Crippen LogP contribution is 2.29. The number of hydrogen-bond acceptors (Lipinski definition) is 4. The van der Waals surface area contributed by atoms with Gasteiger partial charge in [0.15, 0.2) is 5.65 Å². The number of rotatable bonds is 3. The predicted octanol–water partition coefficient (Wildman–Crippen LogP) is 2.35. The molecule has 1 saturated heterocycles. The van der Waals surface area contributed by atoms with E-state index in [1.807, 2.05) is 23.1 Å². The van der Waals surface area contributed by atoms with Crippen molar-refractivity contribution in [2.45, 2.75) is 13.3 Å². The Morgan fingerprint density at radius 2 is 2.08 bits per heavy atom. The van der Waals surface area contributed by atoms with Crippen LogP contribution in [-0.4, -0.2) is 44.2 Å². The minimum Gasteiger partial charge on any atom is -0.507 e. The van der Waals surface area contributed by atoms with E-state index in [0.29, 0.717) is 17.2 Å².